The van der Waals surface area contributed by atoms with Crippen LogP contribution >= 0.6 is 0 Å². The molecule has 1 aliphatic rings. The maximum atomic E-state index is 11.8. The van der Waals surface area contributed by atoms with Crippen LogP contribution in [-0.2, 0) is 26.1 Å². The fourth-order valence-electron chi connectivity index (χ4n) is 3.73. The average Bonchev–Trinajstić information content (AvgIpc) is 3.07. The number of aromatic nitrogens is 2. The van der Waals surface area contributed by atoms with Crippen LogP contribution in [0.2, 0.25) is 0 Å². The van der Waals surface area contributed by atoms with Gasteiger partial charge in [0.1, 0.15) is 5.75 Å². The summed E-state index contributed by atoms with van der Waals surface area (Å²) in [5, 5.41) is 14.1. The number of carbonyl (C=O) groups is 1. The molecule has 1 aromatic heterocycles. The molecule has 0 saturated heterocycles. The van der Waals surface area contributed by atoms with E-state index in [4.69, 9.17) is 4.74 Å². The van der Waals surface area contributed by atoms with Gasteiger partial charge in [0.15, 0.2) is 5.69 Å². The maximum Gasteiger partial charge on any atom is 0.356 e. The van der Waals surface area contributed by atoms with Crippen molar-refractivity contribution in [3.05, 3.63) is 82.7 Å². The van der Waals surface area contributed by atoms with Crippen molar-refractivity contribution in [2.45, 2.75) is 26.1 Å². The van der Waals surface area contributed by atoms with Crippen molar-refractivity contribution in [1.29, 1.82) is 0 Å². The SMILES string of the molecule is COc1ccc(Cn2nc(C(=O)O)c3c2CCN(Cc2ccccc2)C3)cc1. The zero-order valence-corrected chi connectivity index (χ0v) is 15.8. The number of benzene rings is 2. The average molecular weight is 377 g/mol. The summed E-state index contributed by atoms with van der Waals surface area (Å²) < 4.78 is 7.05. The van der Waals surface area contributed by atoms with Gasteiger partial charge in [0.05, 0.1) is 13.7 Å². The number of nitrogens with zero attached hydrogens (tertiary/aromatic N) is 3. The lowest BCUT2D eigenvalue weighted by molar-refractivity contribution is 0.0687. The number of fused-ring (bicyclic) bond motifs is 1. The lowest BCUT2D eigenvalue weighted by atomic mass is 10.0. The molecular weight excluding hydrogens is 354 g/mol. The third-order valence-corrected chi connectivity index (χ3v) is 5.16. The number of aromatic carboxylic acids is 1. The molecule has 0 aliphatic carbocycles. The van der Waals surface area contributed by atoms with Gasteiger partial charge in [-0.3, -0.25) is 9.58 Å². The van der Waals surface area contributed by atoms with Gasteiger partial charge >= 0.3 is 5.97 Å². The summed E-state index contributed by atoms with van der Waals surface area (Å²) >= 11 is 0. The van der Waals surface area contributed by atoms with Crippen molar-refractivity contribution in [3.8, 4) is 5.75 Å². The first-order valence-electron chi connectivity index (χ1n) is 9.35. The van der Waals surface area contributed by atoms with Crippen molar-refractivity contribution in [3.63, 3.8) is 0 Å². The highest BCUT2D eigenvalue weighted by atomic mass is 16.5. The van der Waals surface area contributed by atoms with E-state index in [0.29, 0.717) is 13.1 Å². The van der Waals surface area contributed by atoms with Gasteiger partial charge in [0.25, 0.3) is 0 Å². The Balaban J connectivity index is 1.57. The van der Waals surface area contributed by atoms with E-state index < -0.39 is 5.97 Å². The standard InChI is InChI=1S/C22H23N3O3/c1-28-18-9-7-17(8-10-18)14-25-20-11-12-24(13-16-5-3-2-4-6-16)15-19(20)21(23-25)22(26)27/h2-10H,11-15H2,1H3,(H,26,27). The fourth-order valence-corrected chi connectivity index (χ4v) is 3.73. The predicted molar refractivity (Wildman–Crippen MR) is 106 cm³/mol. The van der Waals surface area contributed by atoms with Crippen molar-refractivity contribution in [1.82, 2.24) is 14.7 Å². The summed E-state index contributed by atoms with van der Waals surface area (Å²) in [6.45, 7) is 2.85. The smallest absolute Gasteiger partial charge is 0.356 e. The first-order valence-corrected chi connectivity index (χ1v) is 9.35. The molecule has 0 amide bonds. The van der Waals surface area contributed by atoms with E-state index >= 15 is 0 Å². The molecule has 0 bridgehead atoms. The first-order chi connectivity index (χ1) is 13.6. The second kappa shape index (κ2) is 7.86. The summed E-state index contributed by atoms with van der Waals surface area (Å²) in [5.74, 6) is -0.166. The van der Waals surface area contributed by atoms with E-state index in [-0.39, 0.29) is 5.69 Å². The number of methoxy groups -OCH3 is 1. The van der Waals surface area contributed by atoms with Gasteiger partial charge in [-0.05, 0) is 23.3 Å². The monoisotopic (exact) mass is 377 g/mol. The molecule has 2 heterocycles. The van der Waals surface area contributed by atoms with Crippen LogP contribution in [0.15, 0.2) is 54.6 Å². The Kier molecular flexibility index (Phi) is 5.12. The number of carboxylic acids is 1. The Morgan fingerprint density at radius 2 is 1.79 bits per heavy atom. The van der Waals surface area contributed by atoms with Gasteiger partial charge in [0.2, 0.25) is 0 Å². The van der Waals surface area contributed by atoms with E-state index in [2.05, 4.69) is 22.1 Å². The van der Waals surface area contributed by atoms with E-state index in [1.165, 1.54) is 5.56 Å². The molecule has 1 N–H and O–H groups in total. The highest BCUT2D eigenvalue weighted by Crippen LogP contribution is 2.25. The Labute approximate surface area is 164 Å². The van der Waals surface area contributed by atoms with Crippen LogP contribution in [0.4, 0.5) is 0 Å². The van der Waals surface area contributed by atoms with E-state index in [9.17, 15) is 9.90 Å². The molecule has 0 fully saturated rings. The van der Waals surface area contributed by atoms with Crippen LogP contribution in [0.1, 0.15) is 32.9 Å². The van der Waals surface area contributed by atoms with Crippen LogP contribution in [0.5, 0.6) is 5.75 Å². The van der Waals surface area contributed by atoms with E-state index in [1.54, 1.807) is 7.11 Å². The van der Waals surface area contributed by atoms with Gasteiger partial charge in [-0.2, -0.15) is 5.10 Å². The molecule has 2 aromatic carbocycles. The zero-order valence-electron chi connectivity index (χ0n) is 15.8. The molecule has 0 unspecified atom stereocenters. The minimum absolute atomic E-state index is 0.168. The number of ether oxygens (including phenoxy) is 1. The minimum atomic E-state index is -0.966. The highest BCUT2D eigenvalue weighted by molar-refractivity contribution is 5.87. The van der Waals surface area contributed by atoms with E-state index in [0.717, 1.165) is 42.1 Å². The Morgan fingerprint density at radius 1 is 1.07 bits per heavy atom. The number of rotatable bonds is 6. The van der Waals surface area contributed by atoms with Gasteiger partial charge in [-0.1, -0.05) is 42.5 Å². The molecule has 3 aromatic rings. The summed E-state index contributed by atoms with van der Waals surface area (Å²) in [5.41, 5.74) is 4.32. The zero-order chi connectivity index (χ0) is 19.5. The van der Waals surface area contributed by atoms with Crippen molar-refractivity contribution < 1.29 is 14.6 Å². The third-order valence-electron chi connectivity index (χ3n) is 5.16. The largest absolute Gasteiger partial charge is 0.497 e. The van der Waals surface area contributed by atoms with Gasteiger partial charge in [0, 0.05) is 37.3 Å². The van der Waals surface area contributed by atoms with Gasteiger partial charge in [-0.15, -0.1) is 0 Å². The molecule has 6 nitrogen and oxygen atoms in total. The highest BCUT2D eigenvalue weighted by Gasteiger charge is 2.28. The van der Waals surface area contributed by atoms with Crippen molar-refractivity contribution in [2.75, 3.05) is 13.7 Å². The minimum Gasteiger partial charge on any atom is -0.497 e. The van der Waals surface area contributed by atoms with Crippen LogP contribution in [0, 0.1) is 0 Å². The van der Waals surface area contributed by atoms with Crippen LogP contribution < -0.4 is 4.74 Å². The van der Waals surface area contributed by atoms with Gasteiger partial charge in [-0.25, -0.2) is 4.79 Å². The summed E-state index contributed by atoms with van der Waals surface area (Å²) in [6.07, 6.45) is 0.790. The van der Waals surface area contributed by atoms with Crippen molar-refractivity contribution >= 4 is 5.97 Å². The van der Waals surface area contributed by atoms with Gasteiger partial charge < -0.3 is 9.84 Å². The second-order valence-electron chi connectivity index (χ2n) is 7.03. The summed E-state index contributed by atoms with van der Waals surface area (Å²) in [6, 6.07) is 18.0. The second-order valence-corrected chi connectivity index (χ2v) is 7.03. The first kappa shape index (κ1) is 18.3. The Morgan fingerprint density at radius 3 is 2.46 bits per heavy atom. The Bertz CT molecular complexity index is 965. The number of hydrogen-bond donors (Lipinski definition) is 1. The van der Waals surface area contributed by atoms with E-state index in [1.807, 2.05) is 47.1 Å². The number of hydrogen-bond acceptors (Lipinski definition) is 4. The summed E-state index contributed by atoms with van der Waals surface area (Å²) in [7, 11) is 1.64. The molecule has 144 valence electrons. The molecule has 0 atom stereocenters. The topological polar surface area (TPSA) is 67.6 Å². The lowest BCUT2D eigenvalue weighted by Gasteiger charge is -2.27. The van der Waals surface area contributed by atoms with Crippen LogP contribution in [-0.4, -0.2) is 39.4 Å². The molecule has 4 rings (SSSR count). The normalized spacial score (nSPS) is 13.9. The van der Waals surface area contributed by atoms with Crippen LogP contribution in [0.25, 0.3) is 0 Å². The maximum absolute atomic E-state index is 11.8. The molecular formula is C22H23N3O3. The molecule has 1 aliphatic heterocycles. The van der Waals surface area contributed by atoms with Crippen LogP contribution in [0.3, 0.4) is 0 Å². The quantitative estimate of drug-likeness (QED) is 0.715. The molecule has 0 saturated carbocycles. The van der Waals surface area contributed by atoms with Crippen molar-refractivity contribution in [2.24, 2.45) is 0 Å². The molecule has 0 radical (unpaired) electrons. The third kappa shape index (κ3) is 3.77. The fraction of sp³-hybridized carbons (Fsp3) is 0.273. The summed E-state index contributed by atoms with van der Waals surface area (Å²) in [4.78, 5) is 14.1. The molecule has 0 spiro atoms. The predicted octanol–water partition coefficient (Wildman–Crippen LogP) is 3.20. The Hall–Kier alpha value is -3.12. The lowest BCUT2D eigenvalue weighted by Crippen LogP contribution is -2.31. The molecule has 28 heavy (non-hydrogen) atoms. The number of carboxylic acid groups (broad SMARTS) is 1. The molecule has 6 heteroatoms.